The zero-order valence-electron chi connectivity index (χ0n) is 13.4. The third-order valence-electron chi connectivity index (χ3n) is 4.54. The lowest BCUT2D eigenvalue weighted by atomic mass is 9.96. The third kappa shape index (κ3) is 5.10. The van der Waals surface area contributed by atoms with Gasteiger partial charge in [0.1, 0.15) is 5.76 Å². The van der Waals surface area contributed by atoms with Gasteiger partial charge in [-0.1, -0.05) is 19.3 Å². The van der Waals surface area contributed by atoms with Crippen molar-refractivity contribution in [2.45, 2.75) is 63.6 Å². The van der Waals surface area contributed by atoms with E-state index in [-0.39, 0.29) is 24.5 Å². The molecule has 2 N–H and O–H groups in total. The summed E-state index contributed by atoms with van der Waals surface area (Å²) in [6.45, 7) is 0.832. The molecule has 2 fully saturated rings. The molecule has 2 saturated carbocycles. The van der Waals surface area contributed by atoms with Gasteiger partial charge in [0, 0.05) is 12.1 Å². The second-order valence-corrected chi connectivity index (χ2v) is 6.57. The van der Waals surface area contributed by atoms with Crippen molar-refractivity contribution >= 4 is 11.9 Å². The highest BCUT2D eigenvalue weighted by Crippen LogP contribution is 2.28. The van der Waals surface area contributed by atoms with Crippen LogP contribution in [-0.4, -0.2) is 35.5 Å². The van der Waals surface area contributed by atoms with Gasteiger partial charge in [-0.3, -0.25) is 15.0 Å². The van der Waals surface area contributed by atoms with E-state index in [0.717, 1.165) is 44.3 Å². The SMILES string of the molecule is O=C(CN(Cc1ccco1)C1CC1)NC(=O)NC1CCCCC1. The monoisotopic (exact) mass is 319 g/mol. The summed E-state index contributed by atoms with van der Waals surface area (Å²) in [7, 11) is 0. The zero-order chi connectivity index (χ0) is 16.1. The largest absolute Gasteiger partial charge is 0.468 e. The van der Waals surface area contributed by atoms with Crippen LogP contribution in [0.3, 0.4) is 0 Å². The van der Waals surface area contributed by atoms with E-state index in [1.165, 1.54) is 6.42 Å². The molecule has 3 amide bonds. The first-order valence-electron chi connectivity index (χ1n) is 8.57. The molecule has 126 valence electrons. The summed E-state index contributed by atoms with van der Waals surface area (Å²) in [5.41, 5.74) is 0. The molecule has 23 heavy (non-hydrogen) atoms. The lowest BCUT2D eigenvalue weighted by molar-refractivity contribution is -0.121. The Hall–Kier alpha value is -1.82. The number of urea groups is 1. The Balaban J connectivity index is 1.44. The van der Waals surface area contributed by atoms with Gasteiger partial charge in [0.2, 0.25) is 5.91 Å². The Labute approximate surface area is 136 Å². The van der Waals surface area contributed by atoms with Gasteiger partial charge in [0.25, 0.3) is 0 Å². The Bertz CT molecular complexity index is 519. The summed E-state index contributed by atoms with van der Waals surface area (Å²) in [5.74, 6) is 0.591. The summed E-state index contributed by atoms with van der Waals surface area (Å²) in [5, 5.41) is 5.36. The molecule has 2 aliphatic rings. The Kier molecular flexibility index (Phi) is 5.33. The van der Waals surface area contributed by atoms with Gasteiger partial charge in [-0.25, -0.2) is 4.79 Å². The van der Waals surface area contributed by atoms with Crippen molar-refractivity contribution in [3.05, 3.63) is 24.2 Å². The van der Waals surface area contributed by atoms with E-state index in [1.54, 1.807) is 6.26 Å². The summed E-state index contributed by atoms with van der Waals surface area (Å²) in [4.78, 5) is 26.1. The van der Waals surface area contributed by atoms with Crippen LogP contribution in [0.1, 0.15) is 50.7 Å². The van der Waals surface area contributed by atoms with Gasteiger partial charge < -0.3 is 9.73 Å². The number of imide groups is 1. The second-order valence-electron chi connectivity index (χ2n) is 6.57. The molecule has 0 atom stereocenters. The van der Waals surface area contributed by atoms with E-state index in [0.29, 0.717) is 12.6 Å². The average Bonchev–Trinajstić information content (AvgIpc) is 3.25. The molecule has 0 unspecified atom stereocenters. The molecule has 2 aliphatic carbocycles. The Morgan fingerprint density at radius 1 is 1.17 bits per heavy atom. The van der Waals surface area contributed by atoms with Crippen molar-refractivity contribution in [3.8, 4) is 0 Å². The summed E-state index contributed by atoms with van der Waals surface area (Å²) in [6, 6.07) is 4.02. The number of carbonyl (C=O) groups excluding carboxylic acids is 2. The first kappa shape index (κ1) is 16.1. The van der Waals surface area contributed by atoms with Crippen molar-refractivity contribution in [1.29, 1.82) is 0 Å². The molecule has 1 aromatic heterocycles. The molecule has 6 nitrogen and oxygen atoms in total. The normalized spacial score (nSPS) is 18.8. The lowest BCUT2D eigenvalue weighted by Crippen LogP contribution is -2.48. The van der Waals surface area contributed by atoms with Gasteiger partial charge in [-0.2, -0.15) is 0 Å². The molecule has 6 heteroatoms. The van der Waals surface area contributed by atoms with Crippen LogP contribution in [0.25, 0.3) is 0 Å². The predicted octanol–water partition coefficient (Wildman–Crippen LogP) is 2.40. The van der Waals surface area contributed by atoms with E-state index < -0.39 is 0 Å². The number of carbonyl (C=O) groups is 2. The number of hydrogen-bond acceptors (Lipinski definition) is 4. The van der Waals surface area contributed by atoms with E-state index in [1.807, 2.05) is 12.1 Å². The molecule has 0 aromatic carbocycles. The van der Waals surface area contributed by atoms with Crippen molar-refractivity contribution < 1.29 is 14.0 Å². The lowest BCUT2D eigenvalue weighted by Gasteiger charge is -2.23. The maximum atomic E-state index is 12.1. The van der Waals surface area contributed by atoms with Crippen LogP contribution in [0.4, 0.5) is 4.79 Å². The fourth-order valence-corrected chi connectivity index (χ4v) is 3.18. The Morgan fingerprint density at radius 3 is 2.61 bits per heavy atom. The molecule has 0 bridgehead atoms. The minimum Gasteiger partial charge on any atom is -0.468 e. The van der Waals surface area contributed by atoms with Gasteiger partial charge in [0.05, 0.1) is 19.4 Å². The summed E-state index contributed by atoms with van der Waals surface area (Å²) < 4.78 is 5.35. The zero-order valence-corrected chi connectivity index (χ0v) is 13.4. The van der Waals surface area contributed by atoms with Crippen molar-refractivity contribution in [3.63, 3.8) is 0 Å². The fourth-order valence-electron chi connectivity index (χ4n) is 3.18. The van der Waals surface area contributed by atoms with Crippen LogP contribution < -0.4 is 10.6 Å². The average molecular weight is 319 g/mol. The number of rotatable bonds is 6. The van der Waals surface area contributed by atoms with E-state index in [2.05, 4.69) is 15.5 Å². The number of furan rings is 1. The summed E-state index contributed by atoms with van der Waals surface area (Å²) >= 11 is 0. The second kappa shape index (κ2) is 7.64. The number of hydrogen-bond donors (Lipinski definition) is 2. The molecule has 3 rings (SSSR count). The highest BCUT2D eigenvalue weighted by molar-refractivity contribution is 5.95. The number of amides is 3. The van der Waals surface area contributed by atoms with Crippen LogP contribution in [0, 0.1) is 0 Å². The summed E-state index contributed by atoms with van der Waals surface area (Å²) in [6.07, 6.45) is 9.39. The first-order chi connectivity index (χ1) is 11.2. The molecular formula is C17H25N3O3. The minimum atomic E-state index is -0.365. The fraction of sp³-hybridized carbons (Fsp3) is 0.647. The Morgan fingerprint density at radius 2 is 1.96 bits per heavy atom. The number of nitrogens with one attached hydrogen (secondary N) is 2. The molecule has 0 saturated heterocycles. The topological polar surface area (TPSA) is 74.6 Å². The highest BCUT2D eigenvalue weighted by atomic mass is 16.3. The van der Waals surface area contributed by atoms with Crippen LogP contribution >= 0.6 is 0 Å². The first-order valence-corrected chi connectivity index (χ1v) is 8.57. The predicted molar refractivity (Wildman–Crippen MR) is 85.7 cm³/mol. The molecule has 1 heterocycles. The van der Waals surface area contributed by atoms with Gasteiger partial charge in [-0.15, -0.1) is 0 Å². The quantitative estimate of drug-likeness (QED) is 0.844. The minimum absolute atomic E-state index is 0.208. The van der Waals surface area contributed by atoms with Gasteiger partial charge in [-0.05, 0) is 37.8 Å². The van der Waals surface area contributed by atoms with E-state index >= 15 is 0 Å². The van der Waals surface area contributed by atoms with E-state index in [9.17, 15) is 9.59 Å². The smallest absolute Gasteiger partial charge is 0.321 e. The van der Waals surface area contributed by atoms with Crippen LogP contribution in [0.5, 0.6) is 0 Å². The van der Waals surface area contributed by atoms with Gasteiger partial charge in [0.15, 0.2) is 0 Å². The van der Waals surface area contributed by atoms with Crippen LogP contribution in [-0.2, 0) is 11.3 Å². The molecule has 0 radical (unpaired) electrons. The standard InChI is InChI=1S/C17H25N3O3/c21-16(19-17(22)18-13-5-2-1-3-6-13)12-20(14-8-9-14)11-15-7-4-10-23-15/h4,7,10,13-14H,1-3,5-6,8-9,11-12H2,(H2,18,19,21,22). The van der Waals surface area contributed by atoms with Gasteiger partial charge >= 0.3 is 6.03 Å². The molecule has 1 aromatic rings. The van der Waals surface area contributed by atoms with E-state index in [4.69, 9.17) is 4.42 Å². The molecule has 0 spiro atoms. The van der Waals surface area contributed by atoms with Crippen molar-refractivity contribution in [2.75, 3.05) is 6.54 Å². The van der Waals surface area contributed by atoms with Crippen molar-refractivity contribution in [2.24, 2.45) is 0 Å². The third-order valence-corrected chi connectivity index (χ3v) is 4.54. The van der Waals surface area contributed by atoms with Crippen LogP contribution in [0.15, 0.2) is 22.8 Å². The maximum Gasteiger partial charge on any atom is 0.321 e. The maximum absolute atomic E-state index is 12.1. The molecular weight excluding hydrogens is 294 g/mol. The molecule has 0 aliphatic heterocycles. The number of nitrogens with zero attached hydrogens (tertiary/aromatic N) is 1. The van der Waals surface area contributed by atoms with Crippen molar-refractivity contribution in [1.82, 2.24) is 15.5 Å². The highest BCUT2D eigenvalue weighted by Gasteiger charge is 2.31. The van der Waals surface area contributed by atoms with Crippen LogP contribution in [0.2, 0.25) is 0 Å².